The van der Waals surface area contributed by atoms with E-state index in [1.807, 2.05) is 31.2 Å². The first-order valence-electron chi connectivity index (χ1n) is 4.74. The Hall–Kier alpha value is -1.62. The Kier molecular flexibility index (Phi) is 2.78. The van der Waals surface area contributed by atoms with Gasteiger partial charge in [0.05, 0.1) is 0 Å². The molecule has 1 aromatic heterocycles. The second-order valence-corrected chi connectivity index (χ2v) is 4.24. The van der Waals surface area contributed by atoms with Crippen molar-refractivity contribution in [1.82, 2.24) is 9.97 Å². The van der Waals surface area contributed by atoms with E-state index in [1.54, 1.807) is 0 Å². The lowest BCUT2D eigenvalue weighted by Crippen LogP contribution is -2.02. The first-order chi connectivity index (χ1) is 7.59. The Morgan fingerprint density at radius 3 is 2.19 bits per heavy atom. The summed E-state index contributed by atoms with van der Waals surface area (Å²) in [7, 11) is 0. The first-order valence-corrected chi connectivity index (χ1v) is 5.53. The van der Waals surface area contributed by atoms with Gasteiger partial charge in [0.2, 0.25) is 0 Å². The third kappa shape index (κ3) is 1.86. The van der Waals surface area contributed by atoms with Gasteiger partial charge in [0, 0.05) is 5.56 Å². The van der Waals surface area contributed by atoms with Crippen LogP contribution in [-0.2, 0) is 0 Å². The fourth-order valence-corrected chi connectivity index (χ4v) is 1.60. The Balaban J connectivity index is 2.62. The number of rotatable bonds is 1. The van der Waals surface area contributed by atoms with E-state index in [2.05, 4.69) is 25.9 Å². The number of nitrogen functional groups attached to an aromatic ring is 2. The van der Waals surface area contributed by atoms with Crippen molar-refractivity contribution >= 4 is 27.6 Å². The number of halogens is 1. The molecule has 4 N–H and O–H groups in total. The van der Waals surface area contributed by atoms with Crippen molar-refractivity contribution in [1.29, 1.82) is 0 Å². The Labute approximate surface area is 102 Å². The van der Waals surface area contributed by atoms with Crippen molar-refractivity contribution in [2.45, 2.75) is 6.92 Å². The van der Waals surface area contributed by atoms with E-state index in [-0.39, 0.29) is 0 Å². The number of hydrogen-bond donors (Lipinski definition) is 2. The molecule has 0 aliphatic carbocycles. The summed E-state index contributed by atoms with van der Waals surface area (Å²) in [5.74, 6) is 1.26. The third-order valence-corrected chi connectivity index (χ3v) is 3.10. The van der Waals surface area contributed by atoms with Crippen LogP contribution in [0.3, 0.4) is 0 Å². The molecule has 0 fully saturated rings. The van der Waals surface area contributed by atoms with Gasteiger partial charge in [-0.3, -0.25) is 0 Å². The summed E-state index contributed by atoms with van der Waals surface area (Å²) in [6, 6.07) is 7.83. The lowest BCUT2D eigenvalue weighted by atomic mass is 10.1. The van der Waals surface area contributed by atoms with Gasteiger partial charge in [0.1, 0.15) is 16.1 Å². The summed E-state index contributed by atoms with van der Waals surface area (Å²) < 4.78 is 0.546. The number of nitrogens with two attached hydrogens (primary N) is 2. The van der Waals surface area contributed by atoms with Crippen LogP contribution in [0.15, 0.2) is 28.7 Å². The van der Waals surface area contributed by atoms with E-state index in [0.29, 0.717) is 21.9 Å². The van der Waals surface area contributed by atoms with E-state index in [4.69, 9.17) is 11.5 Å². The number of hydrogen-bond acceptors (Lipinski definition) is 4. The van der Waals surface area contributed by atoms with Crippen molar-refractivity contribution in [3.05, 3.63) is 34.3 Å². The summed E-state index contributed by atoms with van der Waals surface area (Å²) >= 11 is 3.23. The van der Waals surface area contributed by atoms with Gasteiger partial charge < -0.3 is 11.5 Å². The van der Waals surface area contributed by atoms with Crippen LogP contribution in [0.5, 0.6) is 0 Å². The zero-order valence-electron chi connectivity index (χ0n) is 8.74. The predicted molar refractivity (Wildman–Crippen MR) is 68.7 cm³/mol. The van der Waals surface area contributed by atoms with Crippen LogP contribution in [0.2, 0.25) is 0 Å². The molecule has 1 aromatic carbocycles. The van der Waals surface area contributed by atoms with Gasteiger partial charge in [-0.15, -0.1) is 0 Å². The molecular weight excluding hydrogens is 268 g/mol. The number of anilines is 2. The van der Waals surface area contributed by atoms with Crippen LogP contribution in [0, 0.1) is 6.92 Å². The molecule has 4 nitrogen and oxygen atoms in total. The maximum Gasteiger partial charge on any atom is 0.164 e. The zero-order valence-corrected chi connectivity index (χ0v) is 10.3. The van der Waals surface area contributed by atoms with Crippen LogP contribution in [0.25, 0.3) is 11.4 Å². The summed E-state index contributed by atoms with van der Waals surface area (Å²) in [6.45, 7) is 1.99. The number of aromatic nitrogens is 2. The quantitative estimate of drug-likeness (QED) is 0.840. The molecule has 0 saturated heterocycles. The molecule has 0 bridgehead atoms. The highest BCUT2D eigenvalue weighted by molar-refractivity contribution is 9.10. The summed E-state index contributed by atoms with van der Waals surface area (Å²) in [4.78, 5) is 8.41. The van der Waals surface area contributed by atoms with E-state index in [0.717, 1.165) is 11.1 Å². The fraction of sp³-hybridized carbons (Fsp3) is 0.0909. The van der Waals surface area contributed by atoms with Crippen LogP contribution >= 0.6 is 15.9 Å². The van der Waals surface area contributed by atoms with E-state index < -0.39 is 0 Å². The van der Waals surface area contributed by atoms with Crippen LogP contribution in [0.1, 0.15) is 5.56 Å². The molecule has 0 aliphatic rings. The number of benzene rings is 1. The molecule has 0 spiro atoms. The van der Waals surface area contributed by atoms with Crippen molar-refractivity contribution in [3.8, 4) is 11.4 Å². The fourth-order valence-electron chi connectivity index (χ4n) is 1.43. The Bertz CT molecular complexity index is 516. The van der Waals surface area contributed by atoms with E-state index in [1.165, 1.54) is 0 Å². The van der Waals surface area contributed by atoms with Gasteiger partial charge >= 0.3 is 0 Å². The lowest BCUT2D eigenvalue weighted by molar-refractivity contribution is 1.17. The second-order valence-electron chi connectivity index (χ2n) is 3.45. The minimum atomic E-state index is 0.353. The molecule has 0 amide bonds. The molecular formula is C11H11BrN4. The largest absolute Gasteiger partial charge is 0.383 e. The lowest BCUT2D eigenvalue weighted by Gasteiger charge is -2.07. The van der Waals surface area contributed by atoms with E-state index >= 15 is 0 Å². The van der Waals surface area contributed by atoms with Crippen molar-refractivity contribution in [3.63, 3.8) is 0 Å². The maximum absolute atomic E-state index is 5.73. The molecule has 2 rings (SSSR count). The van der Waals surface area contributed by atoms with Crippen molar-refractivity contribution in [2.75, 3.05) is 11.5 Å². The molecule has 0 unspecified atom stereocenters. The maximum atomic E-state index is 5.73. The van der Waals surface area contributed by atoms with Gasteiger partial charge in [-0.2, -0.15) is 0 Å². The highest BCUT2D eigenvalue weighted by Crippen LogP contribution is 2.27. The molecule has 2 aromatic rings. The first kappa shape index (κ1) is 10.9. The highest BCUT2D eigenvalue weighted by Gasteiger charge is 2.10. The molecule has 0 atom stereocenters. The van der Waals surface area contributed by atoms with Crippen molar-refractivity contribution in [2.24, 2.45) is 0 Å². The standard InChI is InChI=1S/C11H11BrN4/c1-6-4-2-3-5-7(6)11-15-9(13)8(12)10(14)16-11/h2-5H,1H3,(H4,13,14,15,16). The van der Waals surface area contributed by atoms with Crippen LogP contribution in [0.4, 0.5) is 11.6 Å². The molecule has 82 valence electrons. The average Bonchev–Trinajstić information content (AvgIpc) is 2.26. The number of aryl methyl sites for hydroxylation is 1. The zero-order chi connectivity index (χ0) is 11.7. The van der Waals surface area contributed by atoms with Gasteiger partial charge in [-0.1, -0.05) is 24.3 Å². The summed E-state index contributed by atoms with van der Waals surface area (Å²) in [5.41, 5.74) is 13.5. The van der Waals surface area contributed by atoms with Gasteiger partial charge in [-0.05, 0) is 28.4 Å². The summed E-state index contributed by atoms with van der Waals surface area (Å²) in [6.07, 6.45) is 0. The van der Waals surface area contributed by atoms with Gasteiger partial charge in [-0.25, -0.2) is 9.97 Å². The Morgan fingerprint density at radius 2 is 1.62 bits per heavy atom. The normalized spacial score (nSPS) is 10.4. The minimum absolute atomic E-state index is 0.353. The third-order valence-electron chi connectivity index (χ3n) is 2.29. The minimum Gasteiger partial charge on any atom is -0.383 e. The average molecular weight is 279 g/mol. The highest BCUT2D eigenvalue weighted by atomic mass is 79.9. The van der Waals surface area contributed by atoms with Gasteiger partial charge in [0.15, 0.2) is 5.82 Å². The van der Waals surface area contributed by atoms with Crippen LogP contribution < -0.4 is 11.5 Å². The smallest absolute Gasteiger partial charge is 0.164 e. The molecule has 1 heterocycles. The second kappa shape index (κ2) is 4.09. The Morgan fingerprint density at radius 1 is 1.06 bits per heavy atom. The van der Waals surface area contributed by atoms with E-state index in [9.17, 15) is 0 Å². The van der Waals surface area contributed by atoms with Crippen LogP contribution in [-0.4, -0.2) is 9.97 Å². The predicted octanol–water partition coefficient (Wildman–Crippen LogP) is 2.38. The molecule has 16 heavy (non-hydrogen) atoms. The molecule has 0 saturated carbocycles. The molecule has 0 aliphatic heterocycles. The monoisotopic (exact) mass is 278 g/mol. The summed E-state index contributed by atoms with van der Waals surface area (Å²) in [5, 5.41) is 0. The van der Waals surface area contributed by atoms with Crippen molar-refractivity contribution < 1.29 is 0 Å². The molecule has 5 heteroatoms. The topological polar surface area (TPSA) is 77.8 Å². The molecule has 0 radical (unpaired) electrons. The SMILES string of the molecule is Cc1ccccc1-c1nc(N)c(Br)c(N)n1. The van der Waals surface area contributed by atoms with Gasteiger partial charge in [0.25, 0.3) is 0 Å². The number of nitrogens with zero attached hydrogens (tertiary/aromatic N) is 2.